The molecule has 0 amide bonds. The number of aliphatic hydroxyl groups excluding tert-OH is 1. The molecule has 1 atom stereocenters. The summed E-state index contributed by atoms with van der Waals surface area (Å²) in [6.07, 6.45) is 0. The molecule has 6 nitrogen and oxygen atoms in total. The summed E-state index contributed by atoms with van der Waals surface area (Å²) in [6, 6.07) is 7.21. The highest BCUT2D eigenvalue weighted by molar-refractivity contribution is 5.94. The number of hydrogen-bond acceptors (Lipinski definition) is 5. The van der Waals surface area contributed by atoms with Crippen LogP contribution in [0.1, 0.15) is 5.56 Å². The molecule has 1 aliphatic heterocycles. The fourth-order valence-electron chi connectivity index (χ4n) is 2.16. The number of nitrogens with one attached hydrogen (secondary N) is 1. The number of nitrogens with two attached hydrogens (primary N) is 1. The van der Waals surface area contributed by atoms with Crippen molar-refractivity contribution in [3.05, 3.63) is 29.8 Å². The molecule has 1 aromatic rings. The van der Waals surface area contributed by atoms with Gasteiger partial charge in [-0.15, -0.1) is 0 Å². The Morgan fingerprint density at radius 3 is 2.85 bits per heavy atom. The molecule has 110 valence electrons. The predicted octanol–water partition coefficient (Wildman–Crippen LogP) is 0.0426. The van der Waals surface area contributed by atoms with E-state index >= 15 is 0 Å². The number of aliphatic hydroxyl groups is 1. The molecule has 1 fully saturated rings. The molecule has 1 saturated heterocycles. The van der Waals surface area contributed by atoms with E-state index in [1.54, 1.807) is 24.3 Å². The first-order valence-corrected chi connectivity index (χ1v) is 6.70. The molecule has 0 bridgehead atoms. The lowest BCUT2D eigenvalue weighted by molar-refractivity contribution is -0.0312. The van der Waals surface area contributed by atoms with E-state index in [0.29, 0.717) is 25.4 Å². The molecule has 0 saturated carbocycles. The van der Waals surface area contributed by atoms with Crippen molar-refractivity contribution in [3.8, 4) is 5.75 Å². The number of nitrogen functional groups attached to an aromatic ring is 1. The van der Waals surface area contributed by atoms with Crippen molar-refractivity contribution in [3.63, 3.8) is 0 Å². The van der Waals surface area contributed by atoms with E-state index in [-0.39, 0.29) is 18.5 Å². The lowest BCUT2D eigenvalue weighted by Crippen LogP contribution is -2.48. The van der Waals surface area contributed by atoms with Gasteiger partial charge in [0.1, 0.15) is 18.2 Å². The molecule has 0 aromatic heterocycles. The summed E-state index contributed by atoms with van der Waals surface area (Å²) in [6.45, 7) is 3.50. The smallest absolute Gasteiger partial charge is 0.122 e. The highest BCUT2D eigenvalue weighted by Gasteiger charge is 2.21. The number of hydrogen-bond donors (Lipinski definition) is 3. The standard InChI is InChI=1S/C14H21N3O3/c15-14(16)11-1-3-13(4-2-11)20-8-6-17-5-7-19-10-12(17)9-18/h1-4,12,18H,5-10H2,(H3,15,16). The summed E-state index contributed by atoms with van der Waals surface area (Å²) < 4.78 is 11.0. The first-order valence-electron chi connectivity index (χ1n) is 6.70. The van der Waals surface area contributed by atoms with Crippen LogP contribution in [-0.4, -0.2) is 61.4 Å². The molecule has 1 aromatic carbocycles. The number of benzene rings is 1. The van der Waals surface area contributed by atoms with E-state index in [2.05, 4.69) is 4.90 Å². The van der Waals surface area contributed by atoms with Crippen LogP contribution in [0.25, 0.3) is 0 Å². The van der Waals surface area contributed by atoms with Gasteiger partial charge in [0.2, 0.25) is 0 Å². The molecule has 4 N–H and O–H groups in total. The van der Waals surface area contributed by atoms with Gasteiger partial charge in [-0.2, -0.15) is 0 Å². The number of nitrogens with zero attached hydrogens (tertiary/aromatic N) is 1. The minimum Gasteiger partial charge on any atom is -0.492 e. The maximum atomic E-state index is 9.27. The molecule has 1 unspecified atom stereocenters. The summed E-state index contributed by atoms with van der Waals surface area (Å²) in [4.78, 5) is 2.17. The Morgan fingerprint density at radius 1 is 1.45 bits per heavy atom. The Bertz CT molecular complexity index is 436. The topological polar surface area (TPSA) is 91.8 Å². The lowest BCUT2D eigenvalue weighted by atomic mass is 10.2. The molecule has 0 radical (unpaired) electrons. The van der Waals surface area contributed by atoms with Crippen LogP contribution in [0.4, 0.5) is 0 Å². The van der Waals surface area contributed by atoms with Crippen LogP contribution in [0, 0.1) is 5.41 Å². The zero-order valence-electron chi connectivity index (χ0n) is 11.4. The quantitative estimate of drug-likeness (QED) is 0.505. The monoisotopic (exact) mass is 279 g/mol. The zero-order chi connectivity index (χ0) is 14.4. The van der Waals surface area contributed by atoms with E-state index in [4.69, 9.17) is 20.6 Å². The molecule has 0 aliphatic carbocycles. The van der Waals surface area contributed by atoms with Gasteiger partial charge >= 0.3 is 0 Å². The molecule has 20 heavy (non-hydrogen) atoms. The normalized spacial score (nSPS) is 19.8. The molecular weight excluding hydrogens is 258 g/mol. The van der Waals surface area contributed by atoms with E-state index in [9.17, 15) is 5.11 Å². The van der Waals surface area contributed by atoms with Crippen molar-refractivity contribution in [1.82, 2.24) is 4.90 Å². The highest BCUT2D eigenvalue weighted by atomic mass is 16.5. The number of morpholine rings is 1. The van der Waals surface area contributed by atoms with Crippen LogP contribution < -0.4 is 10.5 Å². The number of amidine groups is 1. The van der Waals surface area contributed by atoms with Gasteiger partial charge < -0.3 is 20.3 Å². The summed E-state index contributed by atoms with van der Waals surface area (Å²) in [5.74, 6) is 0.805. The molecule has 2 rings (SSSR count). The van der Waals surface area contributed by atoms with E-state index in [1.807, 2.05) is 0 Å². The minimum absolute atomic E-state index is 0.0515. The van der Waals surface area contributed by atoms with Gasteiger partial charge in [0.25, 0.3) is 0 Å². The molecule has 6 heteroatoms. The average molecular weight is 279 g/mol. The van der Waals surface area contributed by atoms with Gasteiger partial charge in [-0.25, -0.2) is 0 Å². The lowest BCUT2D eigenvalue weighted by Gasteiger charge is -2.34. The van der Waals surface area contributed by atoms with Crippen LogP contribution in [0.15, 0.2) is 24.3 Å². The van der Waals surface area contributed by atoms with Gasteiger partial charge in [0.05, 0.1) is 25.9 Å². The molecular formula is C14H21N3O3. The minimum atomic E-state index is 0.0515. The van der Waals surface area contributed by atoms with Gasteiger partial charge in [0, 0.05) is 18.7 Å². The highest BCUT2D eigenvalue weighted by Crippen LogP contribution is 2.12. The van der Waals surface area contributed by atoms with E-state index in [1.165, 1.54) is 0 Å². The zero-order valence-corrected chi connectivity index (χ0v) is 11.4. The van der Waals surface area contributed by atoms with Gasteiger partial charge in [-0.3, -0.25) is 10.3 Å². The third-order valence-electron chi connectivity index (χ3n) is 3.37. The molecule has 1 heterocycles. The Kier molecular flexibility index (Phi) is 5.34. The predicted molar refractivity (Wildman–Crippen MR) is 76.2 cm³/mol. The van der Waals surface area contributed by atoms with Crippen molar-refractivity contribution in [2.45, 2.75) is 6.04 Å². The number of rotatable bonds is 6. The van der Waals surface area contributed by atoms with Crippen LogP contribution in [-0.2, 0) is 4.74 Å². The number of ether oxygens (including phenoxy) is 2. The summed E-state index contributed by atoms with van der Waals surface area (Å²) in [5.41, 5.74) is 6.08. The summed E-state index contributed by atoms with van der Waals surface area (Å²) in [7, 11) is 0. The van der Waals surface area contributed by atoms with Gasteiger partial charge in [-0.1, -0.05) is 0 Å². The third-order valence-corrected chi connectivity index (χ3v) is 3.37. The van der Waals surface area contributed by atoms with Crippen molar-refractivity contribution < 1.29 is 14.6 Å². The third kappa shape index (κ3) is 3.93. The second-order valence-electron chi connectivity index (χ2n) is 4.73. The Balaban J connectivity index is 1.78. The summed E-state index contributed by atoms with van der Waals surface area (Å²) >= 11 is 0. The second kappa shape index (κ2) is 7.23. The van der Waals surface area contributed by atoms with Crippen LogP contribution in [0.2, 0.25) is 0 Å². The van der Waals surface area contributed by atoms with Crippen molar-refractivity contribution in [2.75, 3.05) is 39.5 Å². The first kappa shape index (κ1) is 14.8. The van der Waals surface area contributed by atoms with Crippen molar-refractivity contribution >= 4 is 5.84 Å². The van der Waals surface area contributed by atoms with Crippen LogP contribution in [0.3, 0.4) is 0 Å². The van der Waals surface area contributed by atoms with Crippen molar-refractivity contribution in [1.29, 1.82) is 5.41 Å². The Hall–Kier alpha value is -1.63. The largest absolute Gasteiger partial charge is 0.492 e. The maximum absolute atomic E-state index is 9.27. The van der Waals surface area contributed by atoms with E-state index in [0.717, 1.165) is 18.8 Å². The SMILES string of the molecule is N=C(N)c1ccc(OCCN2CCOCC2CO)cc1. The van der Waals surface area contributed by atoms with Gasteiger partial charge in [-0.05, 0) is 24.3 Å². The van der Waals surface area contributed by atoms with Crippen molar-refractivity contribution in [2.24, 2.45) is 5.73 Å². The van der Waals surface area contributed by atoms with Crippen LogP contribution in [0.5, 0.6) is 5.75 Å². The fraction of sp³-hybridized carbons (Fsp3) is 0.500. The Labute approximate surface area is 118 Å². The fourth-order valence-corrected chi connectivity index (χ4v) is 2.16. The maximum Gasteiger partial charge on any atom is 0.122 e. The summed E-state index contributed by atoms with van der Waals surface area (Å²) in [5, 5.41) is 16.6. The Morgan fingerprint density at radius 2 is 2.20 bits per heavy atom. The average Bonchev–Trinajstić information content (AvgIpc) is 2.48. The molecule has 0 spiro atoms. The first-order chi connectivity index (χ1) is 9.70. The molecule has 1 aliphatic rings. The van der Waals surface area contributed by atoms with E-state index < -0.39 is 0 Å². The van der Waals surface area contributed by atoms with Gasteiger partial charge in [0.15, 0.2) is 0 Å². The van der Waals surface area contributed by atoms with Crippen LogP contribution >= 0.6 is 0 Å². The second-order valence-corrected chi connectivity index (χ2v) is 4.73.